The van der Waals surface area contributed by atoms with Crippen LogP contribution in [0.3, 0.4) is 0 Å². The van der Waals surface area contributed by atoms with E-state index in [1.807, 2.05) is 48.5 Å². The van der Waals surface area contributed by atoms with E-state index in [1.165, 1.54) is 0 Å². The molecule has 0 bridgehead atoms. The van der Waals surface area contributed by atoms with E-state index in [0.717, 1.165) is 39.0 Å². The highest BCUT2D eigenvalue weighted by molar-refractivity contribution is 9.10. The summed E-state index contributed by atoms with van der Waals surface area (Å²) in [5.41, 5.74) is 4.28. The van der Waals surface area contributed by atoms with E-state index < -0.39 is 0 Å². The van der Waals surface area contributed by atoms with Gasteiger partial charge in [-0.1, -0.05) is 46.3 Å². The Balaban J connectivity index is 1.59. The Morgan fingerprint density at radius 3 is 2.60 bits per heavy atom. The van der Waals surface area contributed by atoms with Crippen molar-refractivity contribution in [2.45, 2.75) is 18.7 Å². The molecule has 30 heavy (non-hydrogen) atoms. The number of rotatable bonds is 4. The maximum Gasteiger partial charge on any atom is 0.214 e. The zero-order valence-corrected chi connectivity index (χ0v) is 18.3. The lowest BCUT2D eigenvalue weighted by Crippen LogP contribution is -2.33. The molecule has 2 atom stereocenters. The quantitative estimate of drug-likeness (QED) is 0.495. The van der Waals surface area contributed by atoms with Gasteiger partial charge >= 0.3 is 0 Å². The van der Waals surface area contributed by atoms with Crippen LogP contribution in [0.25, 0.3) is 0 Å². The highest BCUT2D eigenvalue weighted by atomic mass is 79.9. The smallest absolute Gasteiger partial charge is 0.214 e. The number of fused-ring (bicyclic) bond motifs is 3. The zero-order chi connectivity index (χ0) is 20.7. The number of methoxy groups -OCH3 is 2. The van der Waals surface area contributed by atoms with E-state index in [4.69, 9.17) is 19.3 Å². The summed E-state index contributed by atoms with van der Waals surface area (Å²) in [6.45, 7) is 0. The van der Waals surface area contributed by atoms with Gasteiger partial charge in [0.25, 0.3) is 0 Å². The Kier molecular flexibility index (Phi) is 4.87. The van der Waals surface area contributed by atoms with E-state index in [-0.39, 0.29) is 12.3 Å². The molecule has 0 N–H and O–H groups in total. The first kappa shape index (κ1) is 19.0. The summed E-state index contributed by atoms with van der Waals surface area (Å²) in [5, 5.41) is 7.08. The van der Waals surface area contributed by atoms with Crippen molar-refractivity contribution < 1.29 is 14.2 Å². The Bertz CT molecular complexity index is 1130. The number of para-hydroxylation sites is 1. The summed E-state index contributed by atoms with van der Waals surface area (Å²) < 4.78 is 18.4. The summed E-state index contributed by atoms with van der Waals surface area (Å²) in [6.07, 6.45) is 0.468. The molecule has 0 aliphatic carbocycles. The molecule has 0 radical (unpaired) electrons. The molecule has 2 heterocycles. The fourth-order valence-electron chi connectivity index (χ4n) is 4.10. The van der Waals surface area contributed by atoms with Crippen molar-refractivity contribution in [2.24, 2.45) is 5.10 Å². The minimum absolute atomic E-state index is 0.113. The van der Waals surface area contributed by atoms with Gasteiger partial charge in [-0.15, -0.1) is 0 Å². The summed E-state index contributed by atoms with van der Waals surface area (Å²) >= 11 is 3.57. The van der Waals surface area contributed by atoms with Crippen LogP contribution < -0.4 is 14.2 Å². The van der Waals surface area contributed by atoms with Gasteiger partial charge < -0.3 is 14.2 Å². The standard InChI is InChI=1S/C24H21BrN2O3/c1-28-22-11-10-16(13-23(22)29-2)24-27-20(18-8-3-4-9-21(18)30-24)14-19(26-27)15-6-5-7-17(25)12-15/h3-13,20,24H,14H2,1-2H3/t20-,24+/m0/s1. The molecule has 2 aliphatic rings. The number of nitrogens with zero attached hydrogens (tertiary/aromatic N) is 2. The molecule has 152 valence electrons. The molecule has 5 nitrogen and oxygen atoms in total. The molecule has 0 saturated carbocycles. The minimum atomic E-state index is -0.352. The topological polar surface area (TPSA) is 43.3 Å². The molecule has 0 amide bonds. The van der Waals surface area contributed by atoms with Crippen molar-refractivity contribution in [2.75, 3.05) is 14.2 Å². The van der Waals surface area contributed by atoms with Crippen LogP contribution in [0.4, 0.5) is 0 Å². The van der Waals surface area contributed by atoms with Crippen molar-refractivity contribution in [3.8, 4) is 17.2 Å². The first-order chi connectivity index (χ1) is 14.7. The number of benzene rings is 3. The third-order valence-electron chi connectivity index (χ3n) is 5.55. The Morgan fingerprint density at radius 2 is 1.80 bits per heavy atom. The average molecular weight is 465 g/mol. The molecular weight excluding hydrogens is 444 g/mol. The van der Waals surface area contributed by atoms with Crippen molar-refractivity contribution in [1.82, 2.24) is 5.01 Å². The van der Waals surface area contributed by atoms with Crippen LogP contribution in [0, 0.1) is 0 Å². The molecule has 2 aliphatic heterocycles. The van der Waals surface area contributed by atoms with E-state index in [0.29, 0.717) is 11.5 Å². The fourth-order valence-corrected chi connectivity index (χ4v) is 4.50. The van der Waals surface area contributed by atoms with Crippen LogP contribution in [0.15, 0.2) is 76.3 Å². The molecule has 0 fully saturated rings. The normalized spacial score (nSPS) is 19.4. The molecule has 0 aromatic heterocycles. The van der Waals surface area contributed by atoms with Crippen LogP contribution >= 0.6 is 15.9 Å². The highest BCUT2D eigenvalue weighted by Crippen LogP contribution is 2.48. The third kappa shape index (κ3) is 3.21. The lowest BCUT2D eigenvalue weighted by Gasteiger charge is -2.38. The second-order valence-corrected chi connectivity index (χ2v) is 8.20. The number of halogens is 1. The third-order valence-corrected chi connectivity index (χ3v) is 6.04. The van der Waals surface area contributed by atoms with Gasteiger partial charge in [-0.25, -0.2) is 5.01 Å². The molecule has 6 heteroatoms. The lowest BCUT2D eigenvalue weighted by molar-refractivity contribution is -0.0191. The van der Waals surface area contributed by atoms with E-state index in [9.17, 15) is 0 Å². The first-order valence-electron chi connectivity index (χ1n) is 9.77. The molecule has 0 spiro atoms. The van der Waals surface area contributed by atoms with E-state index in [2.05, 4.69) is 39.1 Å². The molecule has 3 aromatic rings. The van der Waals surface area contributed by atoms with Gasteiger partial charge in [-0.3, -0.25) is 0 Å². The van der Waals surface area contributed by atoms with Gasteiger partial charge in [-0.05, 0) is 42.0 Å². The Hall–Kier alpha value is -2.99. The molecule has 3 aromatic carbocycles. The summed E-state index contributed by atoms with van der Waals surface area (Å²) in [6, 6.07) is 22.4. The summed E-state index contributed by atoms with van der Waals surface area (Å²) in [4.78, 5) is 0. The number of ether oxygens (including phenoxy) is 3. The number of hydrogen-bond acceptors (Lipinski definition) is 5. The van der Waals surface area contributed by atoms with Crippen molar-refractivity contribution in [1.29, 1.82) is 0 Å². The zero-order valence-electron chi connectivity index (χ0n) is 16.7. The second-order valence-electron chi connectivity index (χ2n) is 7.28. The maximum absolute atomic E-state index is 6.43. The average Bonchev–Trinajstić information content (AvgIpc) is 3.24. The highest BCUT2D eigenvalue weighted by Gasteiger charge is 2.41. The second kappa shape index (κ2) is 7.69. The Morgan fingerprint density at radius 1 is 0.967 bits per heavy atom. The maximum atomic E-state index is 6.43. The van der Waals surface area contributed by atoms with Crippen LogP contribution in [0.2, 0.25) is 0 Å². The lowest BCUT2D eigenvalue weighted by atomic mass is 9.96. The monoisotopic (exact) mass is 464 g/mol. The SMILES string of the molecule is COc1ccc([C@H]2Oc3ccccc3[C@@H]3CC(c4cccc(Br)c4)=NN23)cc1OC. The predicted octanol–water partition coefficient (Wildman–Crippen LogP) is 5.71. The van der Waals surface area contributed by atoms with Crippen molar-refractivity contribution in [3.63, 3.8) is 0 Å². The van der Waals surface area contributed by atoms with Crippen LogP contribution in [-0.2, 0) is 0 Å². The largest absolute Gasteiger partial charge is 0.493 e. The summed E-state index contributed by atoms with van der Waals surface area (Å²) in [7, 11) is 3.27. The van der Waals surface area contributed by atoms with Crippen molar-refractivity contribution >= 4 is 21.6 Å². The van der Waals surface area contributed by atoms with Gasteiger partial charge in [0.2, 0.25) is 6.23 Å². The van der Waals surface area contributed by atoms with Gasteiger partial charge in [0.1, 0.15) is 5.75 Å². The van der Waals surface area contributed by atoms with E-state index in [1.54, 1.807) is 14.2 Å². The summed E-state index contributed by atoms with van der Waals surface area (Å²) in [5.74, 6) is 2.25. The number of hydrazone groups is 1. The van der Waals surface area contributed by atoms with Gasteiger partial charge in [-0.2, -0.15) is 5.10 Å². The van der Waals surface area contributed by atoms with Gasteiger partial charge in [0.15, 0.2) is 11.5 Å². The van der Waals surface area contributed by atoms with Crippen LogP contribution in [0.5, 0.6) is 17.2 Å². The molecule has 0 unspecified atom stereocenters. The number of hydrogen-bond donors (Lipinski definition) is 0. The molecular formula is C24H21BrN2O3. The molecule has 5 rings (SSSR count). The fraction of sp³-hybridized carbons (Fsp3) is 0.208. The Labute approximate surface area is 184 Å². The van der Waals surface area contributed by atoms with Gasteiger partial charge in [0.05, 0.1) is 26.0 Å². The van der Waals surface area contributed by atoms with Crippen molar-refractivity contribution in [3.05, 3.63) is 87.9 Å². The predicted molar refractivity (Wildman–Crippen MR) is 119 cm³/mol. The van der Waals surface area contributed by atoms with Gasteiger partial charge in [0, 0.05) is 22.0 Å². The first-order valence-corrected chi connectivity index (χ1v) is 10.6. The minimum Gasteiger partial charge on any atom is -0.493 e. The van der Waals surface area contributed by atoms with Crippen LogP contribution in [-0.4, -0.2) is 24.9 Å². The van der Waals surface area contributed by atoms with Crippen LogP contribution in [0.1, 0.15) is 35.4 Å². The molecule has 0 saturated heterocycles. The van der Waals surface area contributed by atoms with E-state index >= 15 is 0 Å².